The minimum absolute atomic E-state index is 0.183. The largest absolute Gasteiger partial charge is 0.285 e. The van der Waals surface area contributed by atoms with Crippen molar-refractivity contribution in [2.24, 2.45) is 0 Å². The molecule has 0 heterocycles. The summed E-state index contributed by atoms with van der Waals surface area (Å²) in [5, 5.41) is 0. The molecule has 2 rings (SSSR count). The molecule has 0 aliphatic heterocycles. The van der Waals surface area contributed by atoms with Crippen molar-refractivity contribution in [3.63, 3.8) is 0 Å². The molecule has 88 valence electrons. The lowest BCUT2D eigenvalue weighted by molar-refractivity contribution is 0.436. The summed E-state index contributed by atoms with van der Waals surface area (Å²) in [6.45, 7) is 0. The van der Waals surface area contributed by atoms with Gasteiger partial charge in [-0.2, -0.15) is 16.8 Å². The van der Waals surface area contributed by atoms with Gasteiger partial charge in [-0.3, -0.25) is 9.11 Å². The molecule has 15 heavy (non-hydrogen) atoms. The summed E-state index contributed by atoms with van der Waals surface area (Å²) in [6.07, 6.45) is 0.885. The first-order valence-electron chi connectivity index (χ1n) is 4.56. The van der Waals surface area contributed by atoms with Crippen LogP contribution in [-0.4, -0.2) is 35.4 Å². The van der Waals surface area contributed by atoms with E-state index in [2.05, 4.69) is 0 Å². The lowest BCUT2D eigenvalue weighted by atomic mass is 10.2. The summed E-state index contributed by atoms with van der Waals surface area (Å²) in [7, 11) is -8.44. The fourth-order valence-electron chi connectivity index (χ4n) is 1.92. The zero-order chi connectivity index (χ0) is 11.5. The molecular formula is C7H12O6S2. The molecule has 2 fully saturated rings. The van der Waals surface area contributed by atoms with Gasteiger partial charge in [-0.1, -0.05) is 0 Å². The lowest BCUT2D eigenvalue weighted by Crippen LogP contribution is -2.33. The summed E-state index contributed by atoms with van der Waals surface area (Å²) in [6, 6.07) is 0. The molecule has 2 N–H and O–H groups in total. The zero-order valence-electron chi connectivity index (χ0n) is 7.88. The van der Waals surface area contributed by atoms with E-state index in [0.717, 1.165) is 0 Å². The van der Waals surface area contributed by atoms with Gasteiger partial charge < -0.3 is 0 Å². The maximum Gasteiger partial charge on any atom is 0.270 e. The van der Waals surface area contributed by atoms with Crippen molar-refractivity contribution in [2.75, 3.05) is 0 Å². The van der Waals surface area contributed by atoms with Crippen molar-refractivity contribution in [2.45, 2.75) is 41.6 Å². The molecular weight excluding hydrogens is 244 g/mol. The van der Waals surface area contributed by atoms with Crippen LogP contribution in [0.25, 0.3) is 0 Å². The highest BCUT2D eigenvalue weighted by Crippen LogP contribution is 2.57. The Morgan fingerprint density at radius 2 is 1.07 bits per heavy atom. The Hall–Kier alpha value is -0.180. The molecule has 0 aromatic rings. The fourth-order valence-corrected chi connectivity index (χ4v) is 4.16. The number of hydrogen-bond acceptors (Lipinski definition) is 4. The smallest absolute Gasteiger partial charge is 0.270 e. The van der Waals surface area contributed by atoms with E-state index < -0.39 is 29.7 Å². The monoisotopic (exact) mass is 256 g/mol. The van der Waals surface area contributed by atoms with E-state index in [4.69, 9.17) is 9.11 Å². The van der Waals surface area contributed by atoms with E-state index in [1.807, 2.05) is 0 Å². The Labute approximate surface area is 88.2 Å². The Bertz CT molecular complexity index is 434. The minimum atomic E-state index is -4.22. The van der Waals surface area contributed by atoms with Gasteiger partial charge >= 0.3 is 0 Å². The number of rotatable bonds is 4. The van der Waals surface area contributed by atoms with Gasteiger partial charge in [0.1, 0.15) is 0 Å². The van der Waals surface area contributed by atoms with E-state index >= 15 is 0 Å². The molecule has 0 bridgehead atoms. The third-order valence-corrected chi connectivity index (χ3v) is 6.65. The highest BCUT2D eigenvalue weighted by atomic mass is 32.2. The van der Waals surface area contributed by atoms with Crippen molar-refractivity contribution in [1.82, 2.24) is 0 Å². The van der Waals surface area contributed by atoms with Gasteiger partial charge in [-0.15, -0.1) is 0 Å². The summed E-state index contributed by atoms with van der Waals surface area (Å²) in [4.78, 5) is 0. The van der Waals surface area contributed by atoms with E-state index in [-0.39, 0.29) is 32.1 Å². The Kier molecular flexibility index (Phi) is 2.06. The van der Waals surface area contributed by atoms with Gasteiger partial charge in [0.25, 0.3) is 20.2 Å². The van der Waals surface area contributed by atoms with Crippen LogP contribution in [0.5, 0.6) is 0 Å². The van der Waals surface area contributed by atoms with Gasteiger partial charge in [0.15, 0.2) is 0 Å². The van der Waals surface area contributed by atoms with Crippen LogP contribution in [0.1, 0.15) is 32.1 Å². The first-order valence-corrected chi connectivity index (χ1v) is 7.44. The van der Waals surface area contributed by atoms with Crippen molar-refractivity contribution < 1.29 is 25.9 Å². The summed E-state index contributed by atoms with van der Waals surface area (Å²) in [5.41, 5.74) is 0. The van der Waals surface area contributed by atoms with Crippen molar-refractivity contribution >= 4 is 20.2 Å². The average Bonchev–Trinajstić information content (AvgIpc) is 2.80. The van der Waals surface area contributed by atoms with E-state index in [0.29, 0.717) is 0 Å². The van der Waals surface area contributed by atoms with Crippen LogP contribution in [0.15, 0.2) is 0 Å². The lowest BCUT2D eigenvalue weighted by Gasteiger charge is -2.17. The summed E-state index contributed by atoms with van der Waals surface area (Å²) in [5.74, 6) is 0. The molecule has 0 saturated heterocycles. The summed E-state index contributed by atoms with van der Waals surface area (Å²) < 4.78 is 59.4. The normalized spacial score (nSPS) is 27.3. The molecule has 0 spiro atoms. The van der Waals surface area contributed by atoms with Gasteiger partial charge in [0.05, 0.1) is 9.49 Å². The van der Waals surface area contributed by atoms with Crippen molar-refractivity contribution in [1.29, 1.82) is 0 Å². The van der Waals surface area contributed by atoms with Crippen LogP contribution in [0.4, 0.5) is 0 Å². The average molecular weight is 256 g/mol. The van der Waals surface area contributed by atoms with Crippen LogP contribution in [0.3, 0.4) is 0 Å². The van der Waals surface area contributed by atoms with Crippen LogP contribution < -0.4 is 0 Å². The Balaban J connectivity index is 2.25. The molecule has 0 radical (unpaired) electrons. The first-order chi connectivity index (χ1) is 6.62. The quantitative estimate of drug-likeness (QED) is 0.696. The van der Waals surface area contributed by atoms with Gasteiger partial charge in [0.2, 0.25) is 0 Å². The highest BCUT2D eigenvalue weighted by molar-refractivity contribution is 7.88. The number of hydrogen-bond donors (Lipinski definition) is 2. The van der Waals surface area contributed by atoms with Gasteiger partial charge in [0, 0.05) is 0 Å². The van der Waals surface area contributed by atoms with E-state index in [1.54, 1.807) is 0 Å². The van der Waals surface area contributed by atoms with Crippen molar-refractivity contribution in [3.8, 4) is 0 Å². The second-order valence-electron chi connectivity index (χ2n) is 4.49. The minimum Gasteiger partial charge on any atom is -0.285 e. The Morgan fingerprint density at radius 3 is 1.20 bits per heavy atom. The maximum atomic E-state index is 11.0. The molecule has 8 heteroatoms. The molecule has 2 aliphatic rings. The van der Waals surface area contributed by atoms with Gasteiger partial charge in [-0.25, -0.2) is 0 Å². The van der Waals surface area contributed by atoms with Crippen LogP contribution in [-0.2, 0) is 20.2 Å². The van der Waals surface area contributed by atoms with Crippen LogP contribution >= 0.6 is 0 Å². The standard InChI is InChI=1S/C7H12O6S2/c8-14(9,10)6(1-2-6)5-7(3-4-7)15(11,12)13/h1-5H2,(H,8,9,10)(H,11,12,13). The third-order valence-electron chi connectivity index (χ3n) is 3.35. The Morgan fingerprint density at radius 1 is 0.800 bits per heavy atom. The van der Waals surface area contributed by atoms with Crippen LogP contribution in [0.2, 0.25) is 0 Å². The predicted octanol–water partition coefficient (Wildman–Crippen LogP) is 0.217. The first kappa shape index (κ1) is 11.3. The van der Waals surface area contributed by atoms with Crippen LogP contribution in [0, 0.1) is 0 Å². The summed E-state index contributed by atoms with van der Waals surface area (Å²) >= 11 is 0. The maximum absolute atomic E-state index is 11.0. The van der Waals surface area contributed by atoms with E-state index in [1.165, 1.54) is 0 Å². The molecule has 0 amide bonds. The molecule has 2 saturated carbocycles. The van der Waals surface area contributed by atoms with Gasteiger partial charge in [-0.05, 0) is 32.1 Å². The second kappa shape index (κ2) is 2.73. The van der Waals surface area contributed by atoms with E-state index in [9.17, 15) is 16.8 Å². The zero-order valence-corrected chi connectivity index (χ0v) is 9.51. The molecule has 0 aromatic heterocycles. The second-order valence-corrected chi connectivity index (χ2v) is 8.13. The fraction of sp³-hybridized carbons (Fsp3) is 1.00. The van der Waals surface area contributed by atoms with Crippen molar-refractivity contribution in [3.05, 3.63) is 0 Å². The molecule has 6 nitrogen and oxygen atoms in total. The molecule has 0 atom stereocenters. The predicted molar refractivity (Wildman–Crippen MR) is 51.6 cm³/mol. The third kappa shape index (κ3) is 1.69. The topological polar surface area (TPSA) is 109 Å². The molecule has 0 unspecified atom stereocenters. The highest BCUT2D eigenvalue weighted by Gasteiger charge is 2.65. The molecule has 2 aliphatic carbocycles. The SMILES string of the molecule is O=S(=O)(O)C1(CC2(S(=O)(=O)O)CC2)CC1. The molecule has 0 aromatic carbocycles.